The highest BCUT2D eigenvalue weighted by Gasteiger charge is 2.41. The van der Waals surface area contributed by atoms with Crippen molar-refractivity contribution in [1.82, 2.24) is 15.3 Å². The topological polar surface area (TPSA) is 107 Å². The summed E-state index contributed by atoms with van der Waals surface area (Å²) in [4.78, 5) is 31.2. The number of hydrogen-bond donors (Lipinski definition) is 2. The fourth-order valence-corrected chi connectivity index (χ4v) is 3.42. The number of ether oxygens (including phenoxy) is 1. The molecule has 1 aromatic carbocycles. The van der Waals surface area contributed by atoms with Gasteiger partial charge in [-0.2, -0.15) is 5.06 Å². The van der Waals surface area contributed by atoms with Crippen LogP contribution in [-0.4, -0.2) is 66.8 Å². The van der Waals surface area contributed by atoms with Gasteiger partial charge in [0.05, 0.1) is 19.7 Å². The minimum Gasteiger partial charge on any atom is -0.409 e. The summed E-state index contributed by atoms with van der Waals surface area (Å²) in [5.41, 5.74) is 5.38. The summed E-state index contributed by atoms with van der Waals surface area (Å²) in [6.07, 6.45) is 1.06. The molecule has 0 radical (unpaired) electrons. The van der Waals surface area contributed by atoms with E-state index in [2.05, 4.69) is 5.32 Å². The molecule has 136 valence electrons. The quantitative estimate of drug-likeness (QED) is 0.567. The summed E-state index contributed by atoms with van der Waals surface area (Å²) in [7, 11) is 1.44. The zero-order valence-electron chi connectivity index (χ0n) is 14.3. The Labute approximate surface area is 146 Å². The van der Waals surface area contributed by atoms with Crippen LogP contribution in [-0.2, 0) is 9.63 Å². The molecule has 2 aliphatic rings. The number of hydroxylamine groups is 2. The van der Waals surface area contributed by atoms with E-state index in [9.17, 15) is 9.59 Å². The van der Waals surface area contributed by atoms with Crippen LogP contribution in [0.3, 0.4) is 0 Å². The molecule has 0 aliphatic carbocycles. The maximum Gasteiger partial charge on any atom is 0.439 e. The number of benzene rings is 1. The van der Waals surface area contributed by atoms with E-state index in [0.29, 0.717) is 18.3 Å². The lowest BCUT2D eigenvalue weighted by Crippen LogP contribution is -2.57. The molecule has 3 rings (SSSR count). The molecule has 0 bridgehead atoms. The smallest absolute Gasteiger partial charge is 0.409 e. The third-order valence-corrected chi connectivity index (χ3v) is 4.63. The number of amides is 2. The molecule has 2 fully saturated rings. The van der Waals surface area contributed by atoms with Gasteiger partial charge in [-0.15, -0.1) is 0 Å². The van der Waals surface area contributed by atoms with Crippen LogP contribution in [0.2, 0.25) is 0 Å². The van der Waals surface area contributed by atoms with Gasteiger partial charge in [0, 0.05) is 25.2 Å². The summed E-state index contributed by atoms with van der Waals surface area (Å²) in [5, 5.41) is 4.54. The van der Waals surface area contributed by atoms with Gasteiger partial charge in [0.25, 0.3) is 0 Å². The number of rotatable bonds is 6. The lowest BCUT2D eigenvalue weighted by Gasteiger charge is -2.41. The first-order chi connectivity index (χ1) is 12.1. The second kappa shape index (κ2) is 7.81. The van der Waals surface area contributed by atoms with Crippen LogP contribution in [0.1, 0.15) is 12.8 Å². The molecule has 2 aliphatic heterocycles. The van der Waals surface area contributed by atoms with Crippen LogP contribution < -0.4 is 15.8 Å². The van der Waals surface area contributed by atoms with E-state index in [-0.39, 0.29) is 24.5 Å². The summed E-state index contributed by atoms with van der Waals surface area (Å²) in [6, 6.07) is 9.31. The molecule has 2 saturated heterocycles. The van der Waals surface area contributed by atoms with Crippen LogP contribution in [0.25, 0.3) is 0 Å². The second-order valence-electron chi connectivity index (χ2n) is 6.40. The van der Waals surface area contributed by atoms with Gasteiger partial charge >= 0.3 is 6.09 Å². The number of hydrogen-bond acceptors (Lipinski definition) is 6. The molecule has 8 heteroatoms. The Morgan fingerprint density at radius 1 is 1.32 bits per heavy atom. The molecule has 2 amide bonds. The van der Waals surface area contributed by atoms with E-state index in [4.69, 9.17) is 15.3 Å². The van der Waals surface area contributed by atoms with Gasteiger partial charge in [-0.3, -0.25) is 14.5 Å². The molecule has 2 heterocycles. The summed E-state index contributed by atoms with van der Waals surface area (Å²) in [6.45, 7) is 1.64. The number of para-hydroxylation sites is 1. The highest BCUT2D eigenvalue weighted by atomic mass is 16.7. The van der Waals surface area contributed by atoms with Crippen molar-refractivity contribution in [3.63, 3.8) is 0 Å². The van der Waals surface area contributed by atoms with Crippen molar-refractivity contribution in [1.29, 1.82) is 0 Å². The normalized spacial score (nSPS) is 26.0. The average molecular weight is 348 g/mol. The third-order valence-electron chi connectivity index (χ3n) is 4.63. The minimum atomic E-state index is -0.569. The number of carbonyl (C=O) groups excluding carboxylic acids is 2. The predicted octanol–water partition coefficient (Wildman–Crippen LogP) is 0.339. The van der Waals surface area contributed by atoms with Crippen LogP contribution in [0.15, 0.2) is 30.3 Å². The van der Waals surface area contributed by atoms with Crippen LogP contribution in [0, 0.1) is 0 Å². The first-order valence-electron chi connectivity index (χ1n) is 8.44. The molecular formula is C17H24N4O4. The fraction of sp³-hybridized carbons (Fsp3) is 0.529. The van der Waals surface area contributed by atoms with E-state index in [1.165, 1.54) is 12.2 Å². The first kappa shape index (κ1) is 17.7. The van der Waals surface area contributed by atoms with E-state index in [1.54, 1.807) is 24.3 Å². The molecule has 1 unspecified atom stereocenters. The summed E-state index contributed by atoms with van der Waals surface area (Å²) in [5.74, 6) is 0.0848. The maximum atomic E-state index is 12.5. The SMILES string of the molecule is CON(C(=O)Oc1ccccc1)[C@@H]1CC[C@@H](C2CN2)N(CC(N)=O)C1. The molecule has 0 aromatic heterocycles. The zero-order valence-corrected chi connectivity index (χ0v) is 14.3. The van der Waals surface area contributed by atoms with Crippen LogP contribution in [0.5, 0.6) is 5.75 Å². The van der Waals surface area contributed by atoms with Crippen molar-refractivity contribution < 1.29 is 19.2 Å². The Hall–Kier alpha value is -2.16. The highest BCUT2D eigenvalue weighted by molar-refractivity contribution is 5.76. The predicted molar refractivity (Wildman–Crippen MR) is 90.7 cm³/mol. The molecule has 8 nitrogen and oxygen atoms in total. The molecule has 25 heavy (non-hydrogen) atoms. The largest absolute Gasteiger partial charge is 0.439 e. The van der Waals surface area contributed by atoms with Crippen molar-refractivity contribution in [3.8, 4) is 5.75 Å². The Bertz CT molecular complexity index is 608. The molecule has 3 N–H and O–H groups in total. The number of nitrogens with one attached hydrogen (secondary N) is 1. The fourth-order valence-electron chi connectivity index (χ4n) is 3.42. The monoisotopic (exact) mass is 348 g/mol. The first-order valence-corrected chi connectivity index (χ1v) is 8.44. The summed E-state index contributed by atoms with van der Waals surface area (Å²) >= 11 is 0. The van der Waals surface area contributed by atoms with Crippen molar-refractivity contribution in [2.75, 3.05) is 26.7 Å². The Morgan fingerprint density at radius 2 is 2.04 bits per heavy atom. The van der Waals surface area contributed by atoms with E-state index < -0.39 is 6.09 Å². The Kier molecular flexibility index (Phi) is 5.52. The van der Waals surface area contributed by atoms with Crippen molar-refractivity contribution in [2.24, 2.45) is 5.73 Å². The van der Waals surface area contributed by atoms with Crippen LogP contribution >= 0.6 is 0 Å². The number of likely N-dealkylation sites (tertiary alicyclic amines) is 1. The van der Waals surface area contributed by atoms with Gasteiger partial charge in [-0.05, 0) is 25.0 Å². The van der Waals surface area contributed by atoms with Gasteiger partial charge in [-0.25, -0.2) is 4.79 Å². The minimum absolute atomic E-state index is 0.171. The van der Waals surface area contributed by atoms with Crippen LogP contribution in [0.4, 0.5) is 4.79 Å². The molecule has 0 spiro atoms. The molecule has 3 atom stereocenters. The van der Waals surface area contributed by atoms with E-state index >= 15 is 0 Å². The maximum absolute atomic E-state index is 12.5. The zero-order chi connectivity index (χ0) is 17.8. The number of primary amides is 1. The van der Waals surface area contributed by atoms with Gasteiger partial charge in [0.2, 0.25) is 5.91 Å². The summed E-state index contributed by atoms with van der Waals surface area (Å²) < 4.78 is 5.36. The number of piperidine rings is 1. The lowest BCUT2D eigenvalue weighted by atomic mass is 9.95. The number of carbonyl (C=O) groups is 2. The van der Waals surface area contributed by atoms with E-state index in [0.717, 1.165) is 19.4 Å². The standard InChI is InChI=1S/C17H24N4O4/c1-24-21(17(23)25-13-5-3-2-4-6-13)12-7-8-15(14-9-19-14)20(10-12)11-16(18)22/h2-6,12,14-15,19H,7-11H2,1H3,(H2,18,22)/t12-,14?,15+/m1/s1. The Morgan fingerprint density at radius 3 is 2.64 bits per heavy atom. The Balaban J connectivity index is 1.65. The second-order valence-corrected chi connectivity index (χ2v) is 6.40. The average Bonchev–Trinajstić information content (AvgIpc) is 3.41. The van der Waals surface area contributed by atoms with Gasteiger partial charge in [0.15, 0.2) is 0 Å². The molecule has 1 aromatic rings. The van der Waals surface area contributed by atoms with Gasteiger partial charge in [0.1, 0.15) is 5.75 Å². The van der Waals surface area contributed by atoms with E-state index in [1.807, 2.05) is 11.0 Å². The molecule has 0 saturated carbocycles. The van der Waals surface area contributed by atoms with Gasteiger partial charge in [-0.1, -0.05) is 18.2 Å². The third kappa shape index (κ3) is 4.47. The van der Waals surface area contributed by atoms with Gasteiger partial charge < -0.3 is 15.8 Å². The lowest BCUT2D eigenvalue weighted by molar-refractivity contribution is -0.146. The molecular weight excluding hydrogens is 324 g/mol. The van der Waals surface area contributed by atoms with Crippen molar-refractivity contribution >= 4 is 12.0 Å². The van der Waals surface area contributed by atoms with Crippen molar-refractivity contribution in [3.05, 3.63) is 30.3 Å². The number of nitrogens with two attached hydrogens (primary N) is 1. The highest BCUT2D eigenvalue weighted by Crippen LogP contribution is 2.26. The number of nitrogens with zero attached hydrogens (tertiary/aromatic N) is 2. The van der Waals surface area contributed by atoms with Crippen molar-refractivity contribution in [2.45, 2.75) is 31.0 Å².